The Morgan fingerprint density at radius 2 is 2.21 bits per heavy atom. The number of rotatable bonds is 2. The van der Waals surface area contributed by atoms with Gasteiger partial charge in [-0.2, -0.15) is 10.1 Å². The summed E-state index contributed by atoms with van der Waals surface area (Å²) < 4.78 is 14.6. The molecule has 0 fully saturated rings. The molecule has 0 atom stereocenters. The average molecular weight is 399 g/mol. The van der Waals surface area contributed by atoms with Crippen molar-refractivity contribution in [3.8, 4) is 17.4 Å². The average Bonchev–Trinajstić information content (AvgIpc) is 3.25. The summed E-state index contributed by atoms with van der Waals surface area (Å²) >= 11 is 6.19. The number of hydrogen-bond donors (Lipinski definition) is 1. The van der Waals surface area contributed by atoms with Gasteiger partial charge in [0.1, 0.15) is 11.4 Å². The normalized spacial score (nSPS) is 13.5. The van der Waals surface area contributed by atoms with Gasteiger partial charge < -0.3 is 14.8 Å². The summed E-state index contributed by atoms with van der Waals surface area (Å²) in [4.78, 5) is 13.1. The Bertz CT molecular complexity index is 1170. The highest BCUT2D eigenvalue weighted by atomic mass is 35.5. The van der Waals surface area contributed by atoms with Crippen LogP contribution in [-0.2, 0) is 6.54 Å². The molecular weight excluding hydrogens is 384 g/mol. The Balaban J connectivity index is 1.59. The van der Waals surface area contributed by atoms with Crippen LogP contribution < -0.4 is 14.8 Å². The molecule has 0 saturated carbocycles. The third kappa shape index (κ3) is 2.78. The van der Waals surface area contributed by atoms with E-state index in [1.165, 1.54) is 0 Å². The number of methoxy groups -OCH3 is 1. The van der Waals surface area contributed by atoms with Crippen molar-refractivity contribution in [2.45, 2.75) is 13.0 Å². The first-order valence-electron chi connectivity index (χ1n) is 8.61. The van der Waals surface area contributed by atoms with Crippen LogP contribution in [0.15, 0.2) is 30.7 Å². The molecule has 0 spiro atoms. The molecule has 2 bridgehead atoms. The Labute approximate surface area is 164 Å². The maximum atomic E-state index is 6.19. The van der Waals surface area contributed by atoms with E-state index in [-0.39, 0.29) is 0 Å². The van der Waals surface area contributed by atoms with E-state index in [0.29, 0.717) is 58.4 Å². The van der Waals surface area contributed by atoms with Gasteiger partial charge in [-0.15, -0.1) is 5.10 Å². The van der Waals surface area contributed by atoms with E-state index in [0.717, 1.165) is 6.42 Å². The van der Waals surface area contributed by atoms with E-state index in [2.05, 4.69) is 30.5 Å². The van der Waals surface area contributed by atoms with E-state index in [1.54, 1.807) is 35.1 Å². The van der Waals surface area contributed by atoms with Gasteiger partial charge in [-0.05, 0) is 12.1 Å². The lowest BCUT2D eigenvalue weighted by molar-refractivity contribution is 0.288. The van der Waals surface area contributed by atoms with Crippen LogP contribution in [0.3, 0.4) is 0 Å². The Hall–Kier alpha value is -3.40. The molecule has 1 aliphatic heterocycles. The number of nitrogens with zero attached hydrogens (tertiary/aromatic N) is 7. The number of anilines is 2. The van der Waals surface area contributed by atoms with Crippen molar-refractivity contribution in [3.63, 3.8) is 0 Å². The fourth-order valence-electron chi connectivity index (χ4n) is 3.03. The smallest absolute Gasteiger partial charge is 0.257 e. The third-order valence-electron chi connectivity index (χ3n) is 4.31. The number of aromatic nitrogens is 7. The lowest BCUT2D eigenvalue weighted by Gasteiger charge is -2.06. The largest absolute Gasteiger partial charge is 0.479 e. The molecule has 0 aliphatic carbocycles. The number of pyridine rings is 1. The Morgan fingerprint density at radius 3 is 3.11 bits per heavy atom. The summed E-state index contributed by atoms with van der Waals surface area (Å²) in [5.41, 5.74) is 1.99. The van der Waals surface area contributed by atoms with Gasteiger partial charge in [0.15, 0.2) is 10.8 Å². The van der Waals surface area contributed by atoms with Crippen molar-refractivity contribution in [1.82, 2.24) is 34.5 Å². The molecule has 1 aliphatic rings. The van der Waals surface area contributed by atoms with E-state index >= 15 is 0 Å². The van der Waals surface area contributed by atoms with Gasteiger partial charge in [0.05, 0.1) is 25.3 Å². The number of nitrogens with one attached hydrogen (secondary N) is 1. The zero-order valence-electron chi connectivity index (χ0n) is 14.8. The first kappa shape index (κ1) is 16.8. The van der Waals surface area contributed by atoms with Crippen LogP contribution in [0, 0.1) is 0 Å². The maximum Gasteiger partial charge on any atom is 0.257 e. The minimum Gasteiger partial charge on any atom is -0.479 e. The summed E-state index contributed by atoms with van der Waals surface area (Å²) in [6, 6.07) is 3.67. The molecular formula is C17H15ClN8O2. The second kappa shape index (κ2) is 6.64. The van der Waals surface area contributed by atoms with Gasteiger partial charge >= 0.3 is 0 Å². The zero-order chi connectivity index (χ0) is 19.1. The Morgan fingerprint density at radius 1 is 1.29 bits per heavy atom. The van der Waals surface area contributed by atoms with Gasteiger partial charge in [0.2, 0.25) is 11.8 Å². The first-order chi connectivity index (χ1) is 13.7. The second-order valence-corrected chi connectivity index (χ2v) is 6.45. The maximum absolute atomic E-state index is 6.19. The topological polar surface area (TPSA) is 105 Å². The van der Waals surface area contributed by atoms with Crippen LogP contribution in [-0.4, -0.2) is 48.2 Å². The number of hydrogen-bond acceptors (Lipinski definition) is 8. The molecule has 4 aromatic rings. The molecule has 0 unspecified atom stereocenters. The quantitative estimate of drug-likeness (QED) is 0.549. The molecule has 1 N–H and O–H groups in total. The second-order valence-electron chi connectivity index (χ2n) is 6.10. The molecule has 142 valence electrons. The summed E-state index contributed by atoms with van der Waals surface area (Å²) in [7, 11) is 1.56. The van der Waals surface area contributed by atoms with Crippen LogP contribution in [0.5, 0.6) is 11.8 Å². The van der Waals surface area contributed by atoms with Gasteiger partial charge in [-0.1, -0.05) is 11.6 Å². The van der Waals surface area contributed by atoms with Gasteiger partial charge in [0, 0.05) is 25.4 Å². The summed E-state index contributed by atoms with van der Waals surface area (Å²) in [5, 5.41) is 13.1. The lowest BCUT2D eigenvalue weighted by Crippen LogP contribution is -2.07. The SMILES string of the molecule is COc1ncccc1-n1cc2c(n1)OCCCn1nc(Cl)c3cnc(nc31)N2. The van der Waals surface area contributed by atoms with E-state index in [9.17, 15) is 0 Å². The molecule has 5 rings (SSSR count). The minimum atomic E-state index is 0.386. The van der Waals surface area contributed by atoms with Crippen molar-refractivity contribution in [2.75, 3.05) is 19.0 Å². The molecule has 5 heterocycles. The van der Waals surface area contributed by atoms with Crippen molar-refractivity contribution >= 4 is 34.3 Å². The molecule has 0 amide bonds. The lowest BCUT2D eigenvalue weighted by atomic mass is 10.4. The van der Waals surface area contributed by atoms with Crippen LogP contribution in [0.2, 0.25) is 5.15 Å². The van der Waals surface area contributed by atoms with Gasteiger partial charge in [-0.3, -0.25) is 0 Å². The van der Waals surface area contributed by atoms with Gasteiger partial charge in [-0.25, -0.2) is 19.3 Å². The molecule has 28 heavy (non-hydrogen) atoms. The van der Waals surface area contributed by atoms with Crippen molar-refractivity contribution in [2.24, 2.45) is 0 Å². The third-order valence-corrected chi connectivity index (χ3v) is 4.59. The zero-order valence-corrected chi connectivity index (χ0v) is 15.6. The van der Waals surface area contributed by atoms with Gasteiger partial charge in [0.25, 0.3) is 5.88 Å². The van der Waals surface area contributed by atoms with Crippen molar-refractivity contribution < 1.29 is 9.47 Å². The fraction of sp³-hybridized carbons (Fsp3) is 0.235. The molecule has 11 heteroatoms. The van der Waals surface area contributed by atoms with Crippen molar-refractivity contribution in [3.05, 3.63) is 35.9 Å². The number of aryl methyl sites for hydroxylation is 1. The summed E-state index contributed by atoms with van der Waals surface area (Å²) in [5.74, 6) is 1.29. The standard InChI is InChI=1S/C17H15ClN8O2/c1-27-16-12(4-2-5-19-16)26-9-11-15(24-26)28-7-3-6-25-14-10(13(18)23-25)8-20-17(21-11)22-14/h2,4-5,8-9H,3,6-7H2,1H3,(H,20,21,22). The fourth-order valence-corrected chi connectivity index (χ4v) is 3.25. The van der Waals surface area contributed by atoms with Crippen LogP contribution in [0.1, 0.15) is 6.42 Å². The first-order valence-corrected chi connectivity index (χ1v) is 8.98. The van der Waals surface area contributed by atoms with E-state index < -0.39 is 0 Å². The number of fused-ring (bicyclic) bond motifs is 2. The minimum absolute atomic E-state index is 0.386. The van der Waals surface area contributed by atoms with Crippen LogP contribution in [0.25, 0.3) is 16.7 Å². The predicted molar refractivity (Wildman–Crippen MR) is 102 cm³/mol. The highest BCUT2D eigenvalue weighted by Crippen LogP contribution is 2.30. The summed E-state index contributed by atoms with van der Waals surface area (Å²) in [6.45, 7) is 1.07. The van der Waals surface area contributed by atoms with E-state index in [1.807, 2.05) is 12.1 Å². The van der Waals surface area contributed by atoms with Crippen LogP contribution in [0.4, 0.5) is 11.6 Å². The Kier molecular flexibility index (Phi) is 3.97. The molecule has 10 nitrogen and oxygen atoms in total. The molecule has 0 radical (unpaired) electrons. The predicted octanol–water partition coefficient (Wildman–Crippen LogP) is 2.60. The summed E-state index contributed by atoms with van der Waals surface area (Å²) in [6.07, 6.45) is 5.81. The van der Waals surface area contributed by atoms with Crippen molar-refractivity contribution in [1.29, 1.82) is 0 Å². The molecule has 4 aromatic heterocycles. The highest BCUT2D eigenvalue weighted by molar-refractivity contribution is 6.34. The van der Waals surface area contributed by atoms with E-state index in [4.69, 9.17) is 21.1 Å². The number of halogens is 1. The highest BCUT2D eigenvalue weighted by Gasteiger charge is 2.18. The number of ether oxygens (including phenoxy) is 2. The van der Waals surface area contributed by atoms with Crippen LogP contribution >= 0.6 is 11.6 Å². The molecule has 0 saturated heterocycles. The molecule has 0 aromatic carbocycles. The monoisotopic (exact) mass is 398 g/mol.